The standard InChI is InChI=1S/C11H12N2O2/c1-3-15-11(14)9(7-12)6-10-8(2)4-5-13-10/h4-6,13H,3H2,1-2H3/b9-6+. The van der Waals surface area contributed by atoms with Crippen LogP contribution in [0.4, 0.5) is 0 Å². The predicted octanol–water partition coefficient (Wildman–Crippen LogP) is 1.79. The number of hydrogen-bond donors (Lipinski definition) is 1. The van der Waals surface area contributed by atoms with Crippen molar-refractivity contribution < 1.29 is 9.53 Å². The molecule has 1 aromatic rings. The normalized spacial score (nSPS) is 10.9. The Morgan fingerprint density at radius 3 is 2.93 bits per heavy atom. The van der Waals surface area contributed by atoms with E-state index < -0.39 is 5.97 Å². The first kappa shape index (κ1) is 11.1. The van der Waals surface area contributed by atoms with Crippen LogP contribution in [-0.2, 0) is 9.53 Å². The van der Waals surface area contributed by atoms with E-state index in [0.29, 0.717) is 0 Å². The Morgan fingerprint density at radius 2 is 2.47 bits per heavy atom. The van der Waals surface area contributed by atoms with Gasteiger partial charge in [-0.05, 0) is 31.6 Å². The maximum atomic E-state index is 11.3. The number of carbonyl (C=O) groups excluding carboxylic acids is 1. The lowest BCUT2D eigenvalue weighted by Gasteiger charge is -1.99. The van der Waals surface area contributed by atoms with Crippen LogP contribution < -0.4 is 0 Å². The van der Waals surface area contributed by atoms with Crippen LogP contribution in [0, 0.1) is 18.3 Å². The van der Waals surface area contributed by atoms with Gasteiger partial charge < -0.3 is 9.72 Å². The molecule has 0 saturated heterocycles. The van der Waals surface area contributed by atoms with Crippen molar-refractivity contribution in [3.8, 4) is 6.07 Å². The number of H-pyrrole nitrogens is 1. The summed E-state index contributed by atoms with van der Waals surface area (Å²) in [5, 5.41) is 8.78. The Kier molecular flexibility index (Phi) is 3.69. The summed E-state index contributed by atoms with van der Waals surface area (Å²) in [5.74, 6) is -0.589. The number of aromatic nitrogens is 1. The summed E-state index contributed by atoms with van der Waals surface area (Å²) in [4.78, 5) is 14.2. The molecule has 0 bridgehead atoms. The van der Waals surface area contributed by atoms with Gasteiger partial charge >= 0.3 is 5.97 Å². The summed E-state index contributed by atoms with van der Waals surface area (Å²) in [6.45, 7) is 3.86. The molecule has 4 nitrogen and oxygen atoms in total. The first-order valence-electron chi connectivity index (χ1n) is 4.62. The summed E-state index contributed by atoms with van der Waals surface area (Å²) in [6.07, 6.45) is 3.24. The van der Waals surface area contributed by atoms with Crippen molar-refractivity contribution in [2.45, 2.75) is 13.8 Å². The van der Waals surface area contributed by atoms with Crippen LogP contribution in [0.25, 0.3) is 6.08 Å². The zero-order chi connectivity index (χ0) is 11.3. The van der Waals surface area contributed by atoms with Crippen molar-refractivity contribution >= 4 is 12.0 Å². The molecular formula is C11H12N2O2. The Bertz CT molecular complexity index is 424. The summed E-state index contributed by atoms with van der Waals surface area (Å²) in [7, 11) is 0. The first-order valence-corrected chi connectivity index (χ1v) is 4.62. The molecule has 1 heterocycles. The van der Waals surface area contributed by atoms with Gasteiger partial charge in [0.2, 0.25) is 0 Å². The molecule has 15 heavy (non-hydrogen) atoms. The maximum Gasteiger partial charge on any atom is 0.348 e. The van der Waals surface area contributed by atoms with Crippen LogP contribution in [0.2, 0.25) is 0 Å². The second kappa shape index (κ2) is 5.01. The maximum absolute atomic E-state index is 11.3. The van der Waals surface area contributed by atoms with E-state index >= 15 is 0 Å². The fourth-order valence-electron chi connectivity index (χ4n) is 1.11. The van der Waals surface area contributed by atoms with Gasteiger partial charge in [-0.3, -0.25) is 0 Å². The molecule has 1 rings (SSSR count). The molecule has 0 spiro atoms. The second-order valence-electron chi connectivity index (χ2n) is 2.96. The van der Waals surface area contributed by atoms with Crippen LogP contribution in [0.1, 0.15) is 18.2 Å². The van der Waals surface area contributed by atoms with Crippen LogP contribution in [0.15, 0.2) is 17.8 Å². The van der Waals surface area contributed by atoms with Gasteiger partial charge in [-0.15, -0.1) is 0 Å². The zero-order valence-electron chi connectivity index (χ0n) is 8.70. The van der Waals surface area contributed by atoms with Gasteiger partial charge in [-0.2, -0.15) is 5.26 Å². The lowest BCUT2D eigenvalue weighted by Crippen LogP contribution is -2.06. The number of esters is 1. The first-order chi connectivity index (χ1) is 7.19. The summed E-state index contributed by atoms with van der Waals surface area (Å²) in [6, 6.07) is 3.69. The number of nitrogens with one attached hydrogen (secondary N) is 1. The van der Waals surface area contributed by atoms with Crippen LogP contribution in [0.5, 0.6) is 0 Å². The third kappa shape index (κ3) is 2.71. The van der Waals surface area contributed by atoms with Crippen molar-refractivity contribution in [1.82, 2.24) is 4.98 Å². The molecule has 1 N–H and O–H groups in total. The summed E-state index contributed by atoms with van der Waals surface area (Å²) < 4.78 is 4.74. The van der Waals surface area contributed by atoms with Gasteiger partial charge in [-0.25, -0.2) is 4.79 Å². The molecule has 0 amide bonds. The fourth-order valence-corrected chi connectivity index (χ4v) is 1.11. The fraction of sp³-hybridized carbons (Fsp3) is 0.273. The average molecular weight is 204 g/mol. The quantitative estimate of drug-likeness (QED) is 0.463. The molecule has 0 fully saturated rings. The molecular weight excluding hydrogens is 192 g/mol. The summed E-state index contributed by atoms with van der Waals surface area (Å²) in [5.41, 5.74) is 1.73. The van der Waals surface area contributed by atoms with Crippen LogP contribution in [0.3, 0.4) is 0 Å². The zero-order valence-corrected chi connectivity index (χ0v) is 8.70. The highest BCUT2D eigenvalue weighted by atomic mass is 16.5. The molecule has 0 unspecified atom stereocenters. The lowest BCUT2D eigenvalue weighted by atomic mass is 10.2. The van der Waals surface area contributed by atoms with Gasteiger partial charge in [0.25, 0.3) is 0 Å². The lowest BCUT2D eigenvalue weighted by molar-refractivity contribution is -0.137. The molecule has 0 aliphatic carbocycles. The molecule has 0 saturated carbocycles. The van der Waals surface area contributed by atoms with E-state index in [-0.39, 0.29) is 12.2 Å². The molecule has 1 aromatic heterocycles. The third-order valence-corrected chi connectivity index (χ3v) is 1.90. The van der Waals surface area contributed by atoms with Crippen LogP contribution in [-0.4, -0.2) is 17.6 Å². The highest BCUT2D eigenvalue weighted by Gasteiger charge is 2.10. The van der Waals surface area contributed by atoms with E-state index in [0.717, 1.165) is 11.3 Å². The number of ether oxygens (including phenoxy) is 1. The van der Waals surface area contributed by atoms with E-state index in [2.05, 4.69) is 4.98 Å². The van der Waals surface area contributed by atoms with Gasteiger partial charge in [0, 0.05) is 11.9 Å². The Balaban J connectivity index is 2.94. The summed E-state index contributed by atoms with van der Waals surface area (Å²) >= 11 is 0. The minimum Gasteiger partial charge on any atom is -0.462 e. The number of hydrogen-bond acceptors (Lipinski definition) is 3. The number of carbonyl (C=O) groups is 1. The molecule has 0 aliphatic rings. The number of aromatic amines is 1. The smallest absolute Gasteiger partial charge is 0.348 e. The third-order valence-electron chi connectivity index (χ3n) is 1.90. The van der Waals surface area contributed by atoms with E-state index in [1.165, 1.54) is 6.08 Å². The Morgan fingerprint density at radius 1 is 1.73 bits per heavy atom. The molecule has 4 heteroatoms. The van der Waals surface area contributed by atoms with Crippen molar-refractivity contribution in [2.75, 3.05) is 6.61 Å². The van der Waals surface area contributed by atoms with E-state index in [1.54, 1.807) is 13.1 Å². The minimum atomic E-state index is -0.589. The van der Waals surface area contributed by atoms with Crippen molar-refractivity contribution in [2.24, 2.45) is 0 Å². The Hall–Kier alpha value is -2.02. The van der Waals surface area contributed by atoms with E-state index in [9.17, 15) is 4.79 Å². The number of rotatable bonds is 3. The van der Waals surface area contributed by atoms with Gasteiger partial charge in [0.05, 0.1) is 6.61 Å². The van der Waals surface area contributed by atoms with Gasteiger partial charge in [0.1, 0.15) is 11.6 Å². The van der Waals surface area contributed by atoms with Crippen molar-refractivity contribution in [3.05, 3.63) is 29.1 Å². The number of nitriles is 1. The molecule has 0 aromatic carbocycles. The van der Waals surface area contributed by atoms with Crippen molar-refractivity contribution in [3.63, 3.8) is 0 Å². The minimum absolute atomic E-state index is 0.00222. The molecule has 0 radical (unpaired) electrons. The monoisotopic (exact) mass is 204 g/mol. The van der Waals surface area contributed by atoms with E-state index in [4.69, 9.17) is 10.00 Å². The average Bonchev–Trinajstić information content (AvgIpc) is 2.61. The molecule has 0 atom stereocenters. The highest BCUT2D eigenvalue weighted by Crippen LogP contribution is 2.10. The second-order valence-corrected chi connectivity index (χ2v) is 2.96. The molecule has 78 valence electrons. The number of aryl methyl sites for hydroxylation is 1. The predicted molar refractivity (Wildman–Crippen MR) is 55.8 cm³/mol. The van der Waals surface area contributed by atoms with Gasteiger partial charge in [-0.1, -0.05) is 0 Å². The molecule has 0 aliphatic heterocycles. The SMILES string of the molecule is CCOC(=O)/C(C#N)=C/c1[nH]ccc1C. The number of nitrogens with zero attached hydrogens (tertiary/aromatic N) is 1. The van der Waals surface area contributed by atoms with Crippen LogP contribution >= 0.6 is 0 Å². The van der Waals surface area contributed by atoms with E-state index in [1.807, 2.05) is 19.1 Å². The van der Waals surface area contributed by atoms with Gasteiger partial charge in [0.15, 0.2) is 0 Å². The van der Waals surface area contributed by atoms with Crippen molar-refractivity contribution in [1.29, 1.82) is 5.26 Å². The Labute approximate surface area is 88.2 Å². The topological polar surface area (TPSA) is 65.9 Å². The largest absolute Gasteiger partial charge is 0.462 e. The highest BCUT2D eigenvalue weighted by molar-refractivity contribution is 5.97.